The van der Waals surface area contributed by atoms with Gasteiger partial charge in [0.15, 0.2) is 0 Å². The van der Waals surface area contributed by atoms with Crippen molar-refractivity contribution < 1.29 is 9.59 Å². The lowest BCUT2D eigenvalue weighted by Crippen LogP contribution is -2.34. The van der Waals surface area contributed by atoms with Crippen LogP contribution in [0.2, 0.25) is 0 Å². The number of aromatic nitrogens is 2. The molecule has 1 aromatic carbocycles. The lowest BCUT2D eigenvalue weighted by Gasteiger charge is -2.23. The molecule has 128 valence electrons. The van der Waals surface area contributed by atoms with Crippen LogP contribution in [0.4, 0.5) is 0 Å². The van der Waals surface area contributed by atoms with E-state index in [1.54, 1.807) is 23.0 Å². The van der Waals surface area contributed by atoms with Crippen LogP contribution in [0.3, 0.4) is 0 Å². The van der Waals surface area contributed by atoms with Gasteiger partial charge in [-0.3, -0.25) is 9.59 Å². The summed E-state index contributed by atoms with van der Waals surface area (Å²) < 4.78 is 1.89. The van der Waals surface area contributed by atoms with Crippen molar-refractivity contribution >= 4 is 11.8 Å². The Morgan fingerprint density at radius 1 is 1.17 bits per heavy atom. The van der Waals surface area contributed by atoms with Gasteiger partial charge in [0.05, 0.1) is 6.54 Å². The highest BCUT2D eigenvalue weighted by Gasteiger charge is 2.15. The lowest BCUT2D eigenvalue weighted by molar-refractivity contribution is -0.133. The fraction of sp³-hybridized carbons (Fsp3) is 0.389. The number of hydrogen-bond acceptors (Lipinski definition) is 3. The van der Waals surface area contributed by atoms with E-state index in [0.29, 0.717) is 26.1 Å². The van der Waals surface area contributed by atoms with Crippen molar-refractivity contribution in [3.8, 4) is 0 Å². The maximum Gasteiger partial charge on any atom is 0.224 e. The van der Waals surface area contributed by atoms with Crippen molar-refractivity contribution in [3.63, 3.8) is 0 Å². The molecule has 0 radical (unpaired) electrons. The minimum Gasteiger partial charge on any atom is -0.338 e. The van der Waals surface area contributed by atoms with Crippen LogP contribution in [0, 0.1) is 0 Å². The number of carbonyl (C=O) groups excluding carboxylic acids is 2. The summed E-state index contributed by atoms with van der Waals surface area (Å²) >= 11 is 0. The second kappa shape index (κ2) is 8.29. The average molecular weight is 328 g/mol. The molecule has 0 unspecified atom stereocenters. The molecule has 2 aromatic rings. The van der Waals surface area contributed by atoms with Crippen molar-refractivity contribution in [2.75, 3.05) is 13.6 Å². The maximum absolute atomic E-state index is 12.3. The maximum atomic E-state index is 12.3. The average Bonchev–Trinajstić information content (AvgIpc) is 2.96. The molecule has 24 heavy (non-hydrogen) atoms. The van der Waals surface area contributed by atoms with Crippen LogP contribution < -0.4 is 0 Å². The zero-order valence-corrected chi connectivity index (χ0v) is 14.5. The van der Waals surface area contributed by atoms with Crippen LogP contribution in [0.25, 0.3) is 0 Å². The molecule has 6 nitrogen and oxygen atoms in total. The number of hydrogen-bond donors (Lipinski definition) is 0. The molecule has 1 aromatic heterocycles. The summed E-state index contributed by atoms with van der Waals surface area (Å²) in [6.07, 6.45) is 3.86. The summed E-state index contributed by atoms with van der Waals surface area (Å²) in [7, 11) is 3.66. The third-order valence-electron chi connectivity index (χ3n) is 3.98. The Morgan fingerprint density at radius 2 is 1.88 bits per heavy atom. The van der Waals surface area contributed by atoms with E-state index < -0.39 is 0 Å². The topological polar surface area (TPSA) is 58.4 Å². The van der Waals surface area contributed by atoms with E-state index in [9.17, 15) is 9.59 Å². The molecule has 0 bridgehead atoms. The van der Waals surface area contributed by atoms with Crippen molar-refractivity contribution in [1.29, 1.82) is 0 Å². The van der Waals surface area contributed by atoms with E-state index in [4.69, 9.17) is 0 Å². The number of amides is 2. The van der Waals surface area contributed by atoms with E-state index in [1.165, 1.54) is 6.92 Å². The molecular formula is C18H24N4O2. The highest BCUT2D eigenvalue weighted by Crippen LogP contribution is 2.07. The molecular weight excluding hydrogens is 304 g/mol. The van der Waals surface area contributed by atoms with E-state index in [-0.39, 0.29) is 11.8 Å². The molecule has 0 atom stereocenters. The van der Waals surface area contributed by atoms with Gasteiger partial charge in [0.1, 0.15) is 5.82 Å². The van der Waals surface area contributed by atoms with Crippen LogP contribution in [0.5, 0.6) is 0 Å². The monoisotopic (exact) mass is 328 g/mol. The van der Waals surface area contributed by atoms with Crippen LogP contribution in [-0.4, -0.2) is 44.8 Å². The number of aryl methyl sites for hydroxylation is 1. The van der Waals surface area contributed by atoms with Gasteiger partial charge in [-0.2, -0.15) is 0 Å². The van der Waals surface area contributed by atoms with Gasteiger partial charge < -0.3 is 14.4 Å². The molecule has 2 amide bonds. The first-order valence-corrected chi connectivity index (χ1v) is 7.97. The van der Waals surface area contributed by atoms with Gasteiger partial charge >= 0.3 is 0 Å². The number of nitrogens with zero attached hydrogens (tertiary/aromatic N) is 4. The third-order valence-corrected chi connectivity index (χ3v) is 3.98. The van der Waals surface area contributed by atoms with Crippen LogP contribution in [0.15, 0.2) is 42.7 Å². The first-order chi connectivity index (χ1) is 11.5. The standard InChI is InChI=1S/C18H24N4O2/c1-15(23)22(13-16-7-5-4-6-8-16)11-9-18(24)21(3)14-17-19-10-12-20(17)2/h4-8,10,12H,9,11,13-14H2,1-3H3. The molecule has 0 N–H and O–H groups in total. The summed E-state index contributed by atoms with van der Waals surface area (Å²) in [4.78, 5) is 31.7. The summed E-state index contributed by atoms with van der Waals surface area (Å²) in [6.45, 7) is 2.92. The highest BCUT2D eigenvalue weighted by atomic mass is 16.2. The van der Waals surface area contributed by atoms with Gasteiger partial charge in [-0.05, 0) is 5.56 Å². The normalized spacial score (nSPS) is 10.5. The minimum atomic E-state index is -0.0293. The molecule has 0 spiro atoms. The summed E-state index contributed by atoms with van der Waals surface area (Å²) in [5.74, 6) is 0.800. The van der Waals surface area contributed by atoms with E-state index in [1.807, 2.05) is 48.1 Å². The van der Waals surface area contributed by atoms with Gasteiger partial charge in [-0.1, -0.05) is 30.3 Å². The SMILES string of the molecule is CC(=O)N(CCC(=O)N(C)Cc1nccn1C)Cc1ccccc1. The summed E-state index contributed by atoms with van der Waals surface area (Å²) in [5.41, 5.74) is 1.06. The van der Waals surface area contributed by atoms with E-state index >= 15 is 0 Å². The van der Waals surface area contributed by atoms with Crippen LogP contribution in [0.1, 0.15) is 24.7 Å². The number of carbonyl (C=O) groups is 2. The van der Waals surface area contributed by atoms with Crippen molar-refractivity contribution in [3.05, 3.63) is 54.1 Å². The predicted molar refractivity (Wildman–Crippen MR) is 91.8 cm³/mol. The molecule has 1 heterocycles. The smallest absolute Gasteiger partial charge is 0.224 e. The molecule has 0 fully saturated rings. The summed E-state index contributed by atoms with van der Waals surface area (Å²) in [5, 5.41) is 0. The Bertz CT molecular complexity index is 681. The van der Waals surface area contributed by atoms with Gasteiger partial charge in [-0.15, -0.1) is 0 Å². The minimum absolute atomic E-state index is 0.00249. The van der Waals surface area contributed by atoms with Crippen molar-refractivity contribution in [2.45, 2.75) is 26.4 Å². The molecule has 0 saturated carbocycles. The fourth-order valence-electron chi connectivity index (χ4n) is 2.42. The first kappa shape index (κ1) is 17.7. The zero-order chi connectivity index (χ0) is 17.5. The second-order valence-electron chi connectivity index (χ2n) is 5.88. The van der Waals surface area contributed by atoms with E-state index in [0.717, 1.165) is 11.4 Å². The Labute approximate surface area is 142 Å². The van der Waals surface area contributed by atoms with Crippen molar-refractivity contribution in [2.24, 2.45) is 7.05 Å². The number of rotatable bonds is 7. The van der Waals surface area contributed by atoms with Gasteiger partial charge in [0, 0.05) is 52.9 Å². The highest BCUT2D eigenvalue weighted by molar-refractivity contribution is 5.78. The Morgan fingerprint density at radius 3 is 2.46 bits per heavy atom. The van der Waals surface area contributed by atoms with E-state index in [2.05, 4.69) is 4.98 Å². The zero-order valence-electron chi connectivity index (χ0n) is 14.5. The largest absolute Gasteiger partial charge is 0.338 e. The summed E-state index contributed by atoms with van der Waals surface area (Å²) in [6, 6.07) is 9.78. The first-order valence-electron chi connectivity index (χ1n) is 7.97. The predicted octanol–water partition coefficient (Wildman–Crippen LogP) is 1.82. The number of imidazole rings is 1. The van der Waals surface area contributed by atoms with Gasteiger partial charge in [-0.25, -0.2) is 4.98 Å². The fourth-order valence-corrected chi connectivity index (χ4v) is 2.42. The van der Waals surface area contributed by atoms with Crippen LogP contribution >= 0.6 is 0 Å². The molecule has 0 aliphatic carbocycles. The quantitative estimate of drug-likeness (QED) is 0.779. The van der Waals surface area contributed by atoms with Gasteiger partial charge in [0.2, 0.25) is 11.8 Å². The molecule has 2 rings (SSSR count). The number of benzene rings is 1. The van der Waals surface area contributed by atoms with Crippen molar-refractivity contribution in [1.82, 2.24) is 19.4 Å². The molecule has 6 heteroatoms. The van der Waals surface area contributed by atoms with Gasteiger partial charge in [0.25, 0.3) is 0 Å². The third kappa shape index (κ3) is 4.94. The Balaban J connectivity index is 1.87. The Kier molecular flexibility index (Phi) is 6.12. The molecule has 0 saturated heterocycles. The molecule has 0 aliphatic rings. The molecule has 0 aliphatic heterocycles. The second-order valence-corrected chi connectivity index (χ2v) is 5.88. The Hall–Kier alpha value is -2.63. The lowest BCUT2D eigenvalue weighted by atomic mass is 10.2. The van der Waals surface area contributed by atoms with Crippen LogP contribution in [-0.2, 0) is 29.7 Å².